The molecule has 2 rings (SSSR count). The summed E-state index contributed by atoms with van der Waals surface area (Å²) in [6, 6.07) is 0. The highest BCUT2D eigenvalue weighted by molar-refractivity contribution is 5.20. The van der Waals surface area contributed by atoms with Gasteiger partial charge in [0.1, 0.15) is 12.7 Å². The molecule has 0 bridgehead atoms. The van der Waals surface area contributed by atoms with Gasteiger partial charge in [-0.2, -0.15) is 0 Å². The average molecular weight is 335 g/mol. The van der Waals surface area contributed by atoms with E-state index in [4.69, 9.17) is 0 Å². The van der Waals surface area contributed by atoms with Crippen LogP contribution in [-0.4, -0.2) is 19.9 Å². The summed E-state index contributed by atoms with van der Waals surface area (Å²) in [5.74, 6) is 0. The fourth-order valence-electron chi connectivity index (χ4n) is 1.32. The molecule has 0 N–H and O–H groups in total. The highest BCUT2D eigenvalue weighted by atomic mass is 14.8. The minimum Gasteiger partial charge on any atom is -0.241 e. The molecule has 0 fully saturated rings. The van der Waals surface area contributed by atoms with Gasteiger partial charge in [-0.3, -0.25) is 0 Å². The Balaban J connectivity index is -0.000000281. The van der Waals surface area contributed by atoms with E-state index in [9.17, 15) is 0 Å². The van der Waals surface area contributed by atoms with Crippen molar-refractivity contribution in [1.29, 1.82) is 0 Å². The van der Waals surface area contributed by atoms with Gasteiger partial charge in [0.15, 0.2) is 0 Å². The second kappa shape index (κ2) is 17.5. The number of aromatic nitrogens is 4. The smallest absolute Gasteiger partial charge is 0.115 e. The Hall–Kier alpha value is -1.84. The normalized spacial score (nSPS) is 8.00. The molecule has 0 saturated heterocycles. The number of nitrogens with zero attached hydrogens (tertiary/aromatic N) is 4. The molecule has 24 heavy (non-hydrogen) atoms. The van der Waals surface area contributed by atoms with Crippen LogP contribution >= 0.6 is 0 Å². The number of rotatable bonds is 0. The molecule has 0 radical (unpaired) electrons. The molecule has 0 amide bonds. The van der Waals surface area contributed by atoms with Gasteiger partial charge in [0.05, 0.1) is 0 Å². The van der Waals surface area contributed by atoms with Gasteiger partial charge in [-0.25, -0.2) is 19.9 Å². The van der Waals surface area contributed by atoms with E-state index in [0.29, 0.717) is 0 Å². The molecular weight excluding hydrogens is 296 g/mol. The van der Waals surface area contributed by atoms with Crippen LogP contribution in [0.2, 0.25) is 0 Å². The fraction of sp³-hybridized carbons (Fsp3) is 0.600. The fourth-order valence-corrected chi connectivity index (χ4v) is 1.32. The lowest BCUT2D eigenvalue weighted by atomic mass is 10.2. The third-order valence-corrected chi connectivity index (χ3v) is 3.18. The Morgan fingerprint density at radius 1 is 0.417 bits per heavy atom. The maximum atomic E-state index is 4.03. The molecule has 0 aliphatic rings. The van der Waals surface area contributed by atoms with Crippen molar-refractivity contribution in [2.45, 2.75) is 83.1 Å². The van der Waals surface area contributed by atoms with Gasteiger partial charge in [0.25, 0.3) is 0 Å². The van der Waals surface area contributed by atoms with Crippen LogP contribution in [0.25, 0.3) is 0 Å². The Labute approximate surface area is 150 Å². The van der Waals surface area contributed by atoms with E-state index >= 15 is 0 Å². The lowest BCUT2D eigenvalue weighted by molar-refractivity contribution is 1.01. The van der Waals surface area contributed by atoms with Crippen LogP contribution in [0.4, 0.5) is 0 Å². The van der Waals surface area contributed by atoms with Crippen molar-refractivity contribution in [2.24, 2.45) is 0 Å². The topological polar surface area (TPSA) is 51.6 Å². The van der Waals surface area contributed by atoms with Crippen molar-refractivity contribution in [2.75, 3.05) is 0 Å². The van der Waals surface area contributed by atoms with Gasteiger partial charge in [-0.05, 0) is 52.7 Å². The summed E-state index contributed by atoms with van der Waals surface area (Å²) in [5.41, 5.74) is 6.67. The molecule has 0 aliphatic carbocycles. The van der Waals surface area contributed by atoms with Crippen molar-refractivity contribution in [3.8, 4) is 0 Å². The van der Waals surface area contributed by atoms with Crippen LogP contribution in [0.15, 0.2) is 12.7 Å². The summed E-state index contributed by atoms with van der Waals surface area (Å²) in [6.07, 6.45) is 3.19. The highest BCUT2D eigenvalue weighted by Crippen LogP contribution is 2.04. The van der Waals surface area contributed by atoms with E-state index in [1.165, 1.54) is 11.1 Å². The quantitative estimate of drug-likeness (QED) is 0.603. The zero-order valence-electron chi connectivity index (χ0n) is 17.9. The molecular formula is C20H38N4. The summed E-state index contributed by atoms with van der Waals surface area (Å²) in [7, 11) is 0. The molecule has 0 unspecified atom stereocenters. The minimum absolute atomic E-state index is 1.07. The molecule has 0 aliphatic heterocycles. The summed E-state index contributed by atoms with van der Waals surface area (Å²) >= 11 is 0. The van der Waals surface area contributed by atoms with Gasteiger partial charge in [-0.15, -0.1) is 0 Å². The van der Waals surface area contributed by atoms with E-state index < -0.39 is 0 Å². The van der Waals surface area contributed by atoms with Gasteiger partial charge >= 0.3 is 0 Å². The monoisotopic (exact) mass is 334 g/mol. The second-order valence-electron chi connectivity index (χ2n) is 4.34. The first-order chi connectivity index (χ1) is 11.4. The SMILES string of the molecule is CC.CC.CC.Cc1ncnc(C)c1C.Cc1ncnc(C)c1C. The Kier molecular flexibility index (Phi) is 19.7. The van der Waals surface area contributed by atoms with E-state index in [2.05, 4.69) is 19.9 Å². The predicted octanol–water partition coefficient (Wildman–Crippen LogP) is 5.88. The van der Waals surface area contributed by atoms with Crippen LogP contribution in [0.5, 0.6) is 0 Å². The first-order valence-electron chi connectivity index (χ1n) is 8.93. The minimum atomic E-state index is 1.07. The lowest BCUT2D eigenvalue weighted by Crippen LogP contribution is -1.92. The molecule has 4 heteroatoms. The Bertz CT molecular complexity index is 447. The highest BCUT2D eigenvalue weighted by Gasteiger charge is 1.95. The van der Waals surface area contributed by atoms with Crippen LogP contribution in [0, 0.1) is 41.5 Å². The molecule has 0 aromatic carbocycles. The second-order valence-corrected chi connectivity index (χ2v) is 4.34. The molecule has 4 nitrogen and oxygen atoms in total. The Morgan fingerprint density at radius 2 is 0.583 bits per heavy atom. The molecule has 0 saturated carbocycles. The number of aryl methyl sites for hydroxylation is 4. The van der Waals surface area contributed by atoms with Crippen LogP contribution in [0.3, 0.4) is 0 Å². The molecule has 138 valence electrons. The van der Waals surface area contributed by atoms with Gasteiger partial charge in [0.2, 0.25) is 0 Å². The lowest BCUT2D eigenvalue weighted by Gasteiger charge is -1.98. The zero-order chi connectivity index (χ0) is 19.7. The predicted molar refractivity (Wildman–Crippen MR) is 107 cm³/mol. The molecule has 2 heterocycles. The first kappa shape index (κ1) is 27.0. The van der Waals surface area contributed by atoms with Crippen molar-refractivity contribution in [3.05, 3.63) is 46.6 Å². The molecule has 2 aromatic rings. The first-order valence-corrected chi connectivity index (χ1v) is 8.93. The maximum absolute atomic E-state index is 4.03. The van der Waals surface area contributed by atoms with Crippen LogP contribution in [-0.2, 0) is 0 Å². The molecule has 2 aromatic heterocycles. The summed E-state index contributed by atoms with van der Waals surface area (Å²) in [5, 5.41) is 0. The summed E-state index contributed by atoms with van der Waals surface area (Å²) in [4.78, 5) is 16.1. The van der Waals surface area contributed by atoms with Crippen molar-refractivity contribution < 1.29 is 0 Å². The van der Waals surface area contributed by atoms with Gasteiger partial charge < -0.3 is 0 Å². The van der Waals surface area contributed by atoms with Gasteiger partial charge in [-0.1, -0.05) is 41.5 Å². The van der Waals surface area contributed by atoms with Crippen molar-refractivity contribution >= 4 is 0 Å². The van der Waals surface area contributed by atoms with Crippen molar-refractivity contribution in [1.82, 2.24) is 19.9 Å². The summed E-state index contributed by atoms with van der Waals surface area (Å²) < 4.78 is 0. The van der Waals surface area contributed by atoms with Crippen LogP contribution in [0.1, 0.15) is 75.4 Å². The van der Waals surface area contributed by atoms with E-state index in [1.807, 2.05) is 83.1 Å². The van der Waals surface area contributed by atoms with E-state index in [1.54, 1.807) is 12.7 Å². The molecule has 0 atom stereocenters. The van der Waals surface area contributed by atoms with Crippen molar-refractivity contribution in [3.63, 3.8) is 0 Å². The third kappa shape index (κ3) is 10.8. The molecule has 0 spiro atoms. The number of hydrogen-bond acceptors (Lipinski definition) is 4. The largest absolute Gasteiger partial charge is 0.241 e. The maximum Gasteiger partial charge on any atom is 0.115 e. The average Bonchev–Trinajstić information content (AvgIpc) is 2.63. The van der Waals surface area contributed by atoms with E-state index in [-0.39, 0.29) is 0 Å². The van der Waals surface area contributed by atoms with E-state index in [0.717, 1.165) is 22.8 Å². The van der Waals surface area contributed by atoms with Crippen LogP contribution < -0.4 is 0 Å². The number of hydrogen-bond donors (Lipinski definition) is 0. The third-order valence-electron chi connectivity index (χ3n) is 3.18. The Morgan fingerprint density at radius 3 is 0.708 bits per heavy atom. The standard InChI is InChI=1S/2C7H10N2.3C2H6/c2*1-5-6(2)8-4-9-7(5)3;3*1-2/h2*4H,1-3H3;3*1-2H3. The summed E-state index contributed by atoms with van der Waals surface area (Å²) in [6.45, 7) is 24.0. The zero-order valence-corrected chi connectivity index (χ0v) is 17.9. The van der Waals surface area contributed by atoms with Gasteiger partial charge in [0, 0.05) is 22.8 Å².